The molecule has 0 aliphatic carbocycles. The third kappa shape index (κ3) is 4.36. The number of carbonyl (C=O) groups excluding carboxylic acids is 2. The van der Waals surface area contributed by atoms with Gasteiger partial charge in [0.25, 0.3) is 0 Å². The maximum atomic E-state index is 13.3. The summed E-state index contributed by atoms with van der Waals surface area (Å²) >= 11 is 6.01. The molecule has 0 fully saturated rings. The summed E-state index contributed by atoms with van der Waals surface area (Å²) in [5.41, 5.74) is 0.961. The van der Waals surface area contributed by atoms with Gasteiger partial charge in [0, 0.05) is 0 Å². The van der Waals surface area contributed by atoms with E-state index in [4.69, 9.17) is 30.5 Å². The Balaban J connectivity index is 1.69. The molecular weight excluding hydrogens is 431 g/mol. The molecule has 162 valence electrons. The Morgan fingerprint density at radius 3 is 2.81 bits per heavy atom. The van der Waals surface area contributed by atoms with Crippen LogP contribution in [0.3, 0.4) is 0 Å². The molecule has 2 N–H and O–H groups in total. The van der Waals surface area contributed by atoms with Crippen LogP contribution in [0.25, 0.3) is 0 Å². The molecule has 4 rings (SSSR count). The van der Waals surface area contributed by atoms with Crippen LogP contribution in [0.2, 0.25) is 5.02 Å². The summed E-state index contributed by atoms with van der Waals surface area (Å²) in [4.78, 5) is 25.1. The summed E-state index contributed by atoms with van der Waals surface area (Å²) in [7, 11) is 0. The number of hydrogen-bond donors (Lipinski definition) is 2. The lowest BCUT2D eigenvalue weighted by Gasteiger charge is -2.29. The zero-order valence-electron chi connectivity index (χ0n) is 16.4. The monoisotopic (exact) mass is 448 g/mol. The number of hydrogen-bond acceptors (Lipinski definition) is 6. The first-order chi connectivity index (χ1) is 15.0. The molecule has 10 heteroatoms. The van der Waals surface area contributed by atoms with Crippen LogP contribution >= 0.6 is 11.6 Å². The summed E-state index contributed by atoms with van der Waals surface area (Å²) in [6, 6.07) is 7.42. The molecule has 8 nitrogen and oxygen atoms in total. The third-order valence-corrected chi connectivity index (χ3v) is 4.94. The zero-order chi connectivity index (χ0) is 22.0. The highest BCUT2D eigenvalue weighted by Gasteiger charge is 2.35. The zero-order valence-corrected chi connectivity index (χ0v) is 17.1. The highest BCUT2D eigenvalue weighted by molar-refractivity contribution is 6.32. The Hall–Kier alpha value is -3.46. The number of esters is 1. The molecule has 2 aromatic rings. The predicted octanol–water partition coefficient (Wildman–Crippen LogP) is 3.46. The van der Waals surface area contributed by atoms with Crippen LogP contribution < -0.4 is 24.8 Å². The highest BCUT2D eigenvalue weighted by atomic mass is 35.5. The van der Waals surface area contributed by atoms with Crippen molar-refractivity contribution in [1.29, 1.82) is 0 Å². The average molecular weight is 449 g/mol. The lowest BCUT2D eigenvalue weighted by Crippen LogP contribution is -2.47. The number of halogens is 2. The Bertz CT molecular complexity index is 1070. The molecule has 0 bridgehead atoms. The molecule has 0 radical (unpaired) electrons. The number of ether oxygens (including phenoxy) is 4. The number of carbonyl (C=O) groups is 2. The smallest absolute Gasteiger partial charge is 0.338 e. The van der Waals surface area contributed by atoms with E-state index in [0.717, 1.165) is 6.07 Å². The van der Waals surface area contributed by atoms with Crippen LogP contribution in [-0.2, 0) is 9.53 Å². The fraction of sp³-hybridized carbons (Fsp3) is 0.238. The van der Waals surface area contributed by atoms with Gasteiger partial charge >= 0.3 is 12.0 Å². The molecule has 2 aliphatic heterocycles. The van der Waals surface area contributed by atoms with Gasteiger partial charge in [0.15, 0.2) is 11.5 Å². The first kappa shape index (κ1) is 20.8. The normalized spacial score (nSPS) is 17.1. The molecule has 2 heterocycles. The molecule has 0 aromatic heterocycles. The summed E-state index contributed by atoms with van der Waals surface area (Å²) in [5.74, 6) is 0.138. The molecule has 2 aliphatic rings. The van der Waals surface area contributed by atoms with Crippen LogP contribution in [0, 0.1) is 5.82 Å². The Morgan fingerprint density at radius 1 is 1.23 bits per heavy atom. The van der Waals surface area contributed by atoms with E-state index in [1.54, 1.807) is 25.1 Å². The van der Waals surface area contributed by atoms with Crippen molar-refractivity contribution >= 4 is 23.6 Å². The second-order valence-electron chi connectivity index (χ2n) is 6.62. The van der Waals surface area contributed by atoms with Crippen molar-refractivity contribution < 1.29 is 32.9 Å². The molecule has 0 unspecified atom stereocenters. The average Bonchev–Trinajstić information content (AvgIpc) is 3.20. The minimum absolute atomic E-state index is 0.0610. The molecule has 2 amide bonds. The third-order valence-electron chi connectivity index (χ3n) is 4.64. The first-order valence-corrected chi connectivity index (χ1v) is 9.79. The van der Waals surface area contributed by atoms with Crippen molar-refractivity contribution in [2.75, 3.05) is 20.0 Å². The van der Waals surface area contributed by atoms with Gasteiger partial charge in [-0.1, -0.05) is 17.7 Å². The van der Waals surface area contributed by atoms with Crippen LogP contribution in [0.5, 0.6) is 17.2 Å². The van der Waals surface area contributed by atoms with Gasteiger partial charge in [-0.25, -0.2) is 14.0 Å². The second kappa shape index (κ2) is 8.73. The van der Waals surface area contributed by atoms with Crippen molar-refractivity contribution in [3.63, 3.8) is 0 Å². The summed E-state index contributed by atoms with van der Waals surface area (Å²) in [6.07, 6.45) is 0. The van der Waals surface area contributed by atoms with Gasteiger partial charge in [-0.05, 0) is 42.8 Å². The molecule has 0 saturated carbocycles. The summed E-state index contributed by atoms with van der Waals surface area (Å²) in [6.45, 7) is 1.71. The molecular formula is C21H18ClFN2O6. The van der Waals surface area contributed by atoms with Crippen molar-refractivity contribution in [2.45, 2.75) is 13.0 Å². The molecule has 0 saturated heterocycles. The number of benzene rings is 2. The maximum absolute atomic E-state index is 13.3. The van der Waals surface area contributed by atoms with Gasteiger partial charge in [0.05, 0.1) is 28.9 Å². The minimum atomic E-state index is -0.815. The Kier molecular flexibility index (Phi) is 5.85. The molecule has 1 atom stereocenters. The number of fused-ring (bicyclic) bond motifs is 1. The van der Waals surface area contributed by atoms with E-state index in [2.05, 4.69) is 10.6 Å². The topological polar surface area (TPSA) is 95.1 Å². The van der Waals surface area contributed by atoms with Gasteiger partial charge in [0.1, 0.15) is 18.2 Å². The Morgan fingerprint density at radius 2 is 2.03 bits per heavy atom. The van der Waals surface area contributed by atoms with Gasteiger partial charge in [-0.2, -0.15) is 0 Å². The maximum Gasteiger partial charge on any atom is 0.338 e. The van der Waals surface area contributed by atoms with Crippen LogP contribution in [0.15, 0.2) is 47.7 Å². The molecule has 0 spiro atoms. The van der Waals surface area contributed by atoms with Crippen LogP contribution in [0.1, 0.15) is 18.5 Å². The lowest BCUT2D eigenvalue weighted by molar-refractivity contribution is -0.139. The quantitative estimate of drug-likeness (QED) is 0.657. The largest absolute Gasteiger partial charge is 0.486 e. The number of urea groups is 1. The number of amides is 2. The van der Waals surface area contributed by atoms with Crippen molar-refractivity contribution in [3.8, 4) is 17.2 Å². The second-order valence-corrected chi connectivity index (χ2v) is 7.03. The fourth-order valence-corrected chi connectivity index (χ4v) is 3.49. The number of rotatable bonds is 6. The van der Waals surface area contributed by atoms with Gasteiger partial charge in [-0.15, -0.1) is 0 Å². The SMILES string of the molecule is CCOC(=O)C1=C(COc2ccc(F)cc2Cl)NC(=O)N[C@H]1c1ccc2c(c1)OCO2. The molecule has 2 aromatic carbocycles. The number of nitrogens with one attached hydrogen (secondary N) is 2. The Labute approximate surface area is 181 Å². The van der Waals surface area contributed by atoms with E-state index in [-0.39, 0.29) is 42.0 Å². The fourth-order valence-electron chi connectivity index (χ4n) is 3.27. The van der Waals surface area contributed by atoms with Crippen molar-refractivity contribution in [3.05, 3.63) is 64.1 Å². The van der Waals surface area contributed by atoms with E-state index < -0.39 is 23.9 Å². The van der Waals surface area contributed by atoms with E-state index in [0.29, 0.717) is 17.1 Å². The highest BCUT2D eigenvalue weighted by Crippen LogP contribution is 2.37. The van der Waals surface area contributed by atoms with E-state index in [1.165, 1.54) is 12.1 Å². The van der Waals surface area contributed by atoms with Gasteiger partial charge < -0.3 is 29.6 Å². The van der Waals surface area contributed by atoms with Crippen molar-refractivity contribution in [2.24, 2.45) is 0 Å². The predicted molar refractivity (Wildman–Crippen MR) is 108 cm³/mol. The van der Waals surface area contributed by atoms with E-state index in [9.17, 15) is 14.0 Å². The first-order valence-electron chi connectivity index (χ1n) is 9.41. The van der Waals surface area contributed by atoms with Gasteiger partial charge in [0.2, 0.25) is 6.79 Å². The summed E-state index contributed by atoms with van der Waals surface area (Å²) < 4.78 is 34.9. The standard InChI is InChI=1S/C21H18ClFN2O6/c1-2-28-20(26)18-14(9-29-15-6-4-12(23)8-13(15)22)24-21(27)25-19(18)11-3-5-16-17(7-11)31-10-30-16/h3-8,19H,2,9-10H2,1H3,(H2,24,25,27)/t19-/m0/s1. The van der Waals surface area contributed by atoms with Crippen molar-refractivity contribution in [1.82, 2.24) is 10.6 Å². The van der Waals surface area contributed by atoms with Crippen LogP contribution in [0.4, 0.5) is 9.18 Å². The van der Waals surface area contributed by atoms with E-state index >= 15 is 0 Å². The summed E-state index contributed by atoms with van der Waals surface area (Å²) in [5, 5.41) is 5.37. The van der Waals surface area contributed by atoms with Gasteiger partial charge in [-0.3, -0.25) is 0 Å². The molecule has 31 heavy (non-hydrogen) atoms. The van der Waals surface area contributed by atoms with Crippen LogP contribution in [-0.4, -0.2) is 32.0 Å². The lowest BCUT2D eigenvalue weighted by atomic mass is 9.95. The minimum Gasteiger partial charge on any atom is -0.486 e. The van der Waals surface area contributed by atoms with E-state index in [1.807, 2.05) is 0 Å².